The summed E-state index contributed by atoms with van der Waals surface area (Å²) >= 11 is 0. The Kier molecular flexibility index (Phi) is 10.3. The zero-order chi connectivity index (χ0) is 25.2. The van der Waals surface area contributed by atoms with Gasteiger partial charge < -0.3 is 21.1 Å². The molecule has 1 amide bonds. The highest BCUT2D eigenvalue weighted by molar-refractivity contribution is 6.02. The monoisotopic (exact) mass is 479 g/mol. The molecule has 0 aromatic heterocycles. The number of hydrogen-bond acceptors (Lipinski definition) is 4. The number of aryl methyl sites for hydroxylation is 1. The summed E-state index contributed by atoms with van der Waals surface area (Å²) in [6.07, 6.45) is 8.92. The lowest BCUT2D eigenvalue weighted by atomic mass is 9.87. The van der Waals surface area contributed by atoms with Crippen molar-refractivity contribution < 1.29 is 14.7 Å². The maximum Gasteiger partial charge on any atom is 0.326 e. The number of hydrogen-bond donors (Lipinski definition) is 3. The minimum Gasteiger partial charge on any atom is -0.480 e. The number of amides is 1. The molecule has 0 heterocycles. The zero-order valence-corrected chi connectivity index (χ0v) is 21.3. The van der Waals surface area contributed by atoms with Crippen LogP contribution in [0, 0.1) is 12.8 Å². The molecule has 0 unspecified atom stereocenters. The van der Waals surface area contributed by atoms with Crippen LogP contribution < -0.4 is 11.1 Å². The Balaban J connectivity index is 1.80. The largest absolute Gasteiger partial charge is 0.480 e. The molecule has 0 bridgehead atoms. The number of carboxylic acids is 1. The molecule has 2 aromatic rings. The maximum atomic E-state index is 13.2. The number of nitrogens with two attached hydrogens (primary N) is 1. The van der Waals surface area contributed by atoms with E-state index >= 15 is 0 Å². The number of carbonyl (C=O) groups excluding carboxylic acids is 1. The second-order valence-electron chi connectivity index (χ2n) is 10.0. The number of carbonyl (C=O) groups is 2. The van der Waals surface area contributed by atoms with Crippen LogP contribution >= 0.6 is 0 Å². The molecule has 1 aliphatic rings. The van der Waals surface area contributed by atoms with Gasteiger partial charge in [0.1, 0.15) is 6.04 Å². The fourth-order valence-corrected chi connectivity index (χ4v) is 5.07. The normalized spacial score (nSPS) is 15.2. The number of nitrogens with one attached hydrogen (secondary N) is 1. The third-order valence-corrected chi connectivity index (χ3v) is 7.16. The van der Waals surface area contributed by atoms with E-state index in [2.05, 4.69) is 23.3 Å². The summed E-state index contributed by atoms with van der Waals surface area (Å²) in [6, 6.07) is 12.9. The summed E-state index contributed by atoms with van der Waals surface area (Å²) in [5.41, 5.74) is 10.1. The molecular weight excluding hydrogens is 438 g/mol. The first-order valence-corrected chi connectivity index (χ1v) is 13.0. The van der Waals surface area contributed by atoms with E-state index < -0.39 is 12.0 Å². The minimum atomic E-state index is -1.04. The molecule has 3 rings (SSSR count). The van der Waals surface area contributed by atoms with Gasteiger partial charge in [-0.1, -0.05) is 62.4 Å². The third kappa shape index (κ3) is 7.91. The Morgan fingerprint density at radius 1 is 1.11 bits per heavy atom. The Hall–Kier alpha value is -2.70. The van der Waals surface area contributed by atoms with Crippen molar-refractivity contribution in [2.75, 3.05) is 20.1 Å². The van der Waals surface area contributed by atoms with E-state index in [1.54, 1.807) is 0 Å². The van der Waals surface area contributed by atoms with Gasteiger partial charge in [0.2, 0.25) is 0 Å². The quantitative estimate of drug-likeness (QED) is 0.399. The molecule has 35 heavy (non-hydrogen) atoms. The summed E-state index contributed by atoms with van der Waals surface area (Å²) in [5.74, 6) is -0.563. The predicted octanol–water partition coefficient (Wildman–Crippen LogP) is 4.99. The van der Waals surface area contributed by atoms with E-state index in [1.165, 1.54) is 38.5 Å². The summed E-state index contributed by atoms with van der Waals surface area (Å²) in [5, 5.41) is 12.3. The van der Waals surface area contributed by atoms with Gasteiger partial charge in [0.15, 0.2) is 0 Å². The number of aliphatic carboxylic acids is 1. The van der Waals surface area contributed by atoms with Crippen LogP contribution in [0.5, 0.6) is 0 Å². The van der Waals surface area contributed by atoms with Gasteiger partial charge in [-0.2, -0.15) is 0 Å². The highest BCUT2D eigenvalue weighted by Gasteiger charge is 2.23. The Morgan fingerprint density at radius 3 is 2.54 bits per heavy atom. The molecule has 6 heteroatoms. The molecule has 0 spiro atoms. The van der Waals surface area contributed by atoms with Crippen molar-refractivity contribution in [2.24, 2.45) is 11.7 Å². The number of nitrogens with zero attached hydrogens (tertiary/aromatic N) is 1. The molecule has 1 aliphatic carbocycles. The SMILES string of the molecule is Cc1ccccc1-c1cc(CN(C)CCC2CCCCC2)ccc1C(=O)N[C@@H](CCCN)C(=O)O. The van der Waals surface area contributed by atoms with E-state index in [-0.39, 0.29) is 5.91 Å². The van der Waals surface area contributed by atoms with Gasteiger partial charge in [-0.15, -0.1) is 0 Å². The van der Waals surface area contributed by atoms with Crippen LogP contribution in [0.25, 0.3) is 11.1 Å². The van der Waals surface area contributed by atoms with Crippen molar-refractivity contribution in [1.29, 1.82) is 0 Å². The average Bonchev–Trinajstić information content (AvgIpc) is 2.86. The summed E-state index contributed by atoms with van der Waals surface area (Å²) in [4.78, 5) is 27.3. The second kappa shape index (κ2) is 13.4. The van der Waals surface area contributed by atoms with Crippen molar-refractivity contribution in [2.45, 2.75) is 70.9 Å². The van der Waals surface area contributed by atoms with Gasteiger partial charge in [0.25, 0.3) is 5.91 Å². The van der Waals surface area contributed by atoms with Crippen LogP contribution in [0.2, 0.25) is 0 Å². The average molecular weight is 480 g/mol. The van der Waals surface area contributed by atoms with Crippen LogP contribution in [0.1, 0.15) is 72.9 Å². The van der Waals surface area contributed by atoms with Crippen molar-refractivity contribution in [1.82, 2.24) is 10.2 Å². The van der Waals surface area contributed by atoms with Crippen molar-refractivity contribution >= 4 is 11.9 Å². The molecule has 0 aliphatic heterocycles. The van der Waals surface area contributed by atoms with Crippen LogP contribution in [0.4, 0.5) is 0 Å². The lowest BCUT2D eigenvalue weighted by Gasteiger charge is -2.25. The maximum absolute atomic E-state index is 13.2. The summed E-state index contributed by atoms with van der Waals surface area (Å²) in [6.45, 7) is 4.29. The van der Waals surface area contributed by atoms with Gasteiger partial charge in [-0.3, -0.25) is 4.79 Å². The van der Waals surface area contributed by atoms with Gasteiger partial charge >= 0.3 is 5.97 Å². The van der Waals surface area contributed by atoms with Crippen molar-refractivity contribution in [3.05, 3.63) is 59.2 Å². The Labute approximate surface area is 209 Å². The molecule has 6 nitrogen and oxygen atoms in total. The van der Waals surface area contributed by atoms with Gasteiger partial charge in [0.05, 0.1) is 0 Å². The van der Waals surface area contributed by atoms with E-state index in [4.69, 9.17) is 5.73 Å². The molecule has 0 saturated heterocycles. The van der Waals surface area contributed by atoms with Crippen molar-refractivity contribution in [3.8, 4) is 11.1 Å². The molecule has 190 valence electrons. The molecule has 1 atom stereocenters. The Bertz CT molecular complexity index is 985. The predicted molar refractivity (Wildman–Crippen MR) is 141 cm³/mol. The first kappa shape index (κ1) is 26.9. The first-order chi connectivity index (χ1) is 16.9. The highest BCUT2D eigenvalue weighted by atomic mass is 16.4. The molecule has 1 fully saturated rings. The van der Waals surface area contributed by atoms with E-state index in [0.29, 0.717) is 24.9 Å². The number of benzene rings is 2. The standard InChI is InChI=1S/C29H41N3O3/c1-21-9-6-7-12-24(21)26-19-23(20-32(2)18-16-22-10-4-3-5-11-22)14-15-25(26)28(33)31-27(29(34)35)13-8-17-30/h6-7,9,12,14-15,19,22,27H,3-5,8,10-11,13,16-18,20,30H2,1-2H3,(H,31,33)(H,34,35)/t27-/m0/s1. The topological polar surface area (TPSA) is 95.7 Å². The fraction of sp³-hybridized carbons (Fsp3) is 0.517. The van der Waals surface area contributed by atoms with Crippen LogP contribution in [-0.2, 0) is 11.3 Å². The Morgan fingerprint density at radius 2 is 1.86 bits per heavy atom. The van der Waals surface area contributed by atoms with Gasteiger partial charge in [-0.05, 0) is 86.6 Å². The summed E-state index contributed by atoms with van der Waals surface area (Å²) in [7, 11) is 2.16. The van der Waals surface area contributed by atoms with Gasteiger partial charge in [0, 0.05) is 12.1 Å². The summed E-state index contributed by atoms with van der Waals surface area (Å²) < 4.78 is 0. The van der Waals surface area contributed by atoms with Gasteiger partial charge in [-0.25, -0.2) is 4.79 Å². The number of carboxylic acid groups (broad SMARTS) is 1. The lowest BCUT2D eigenvalue weighted by molar-refractivity contribution is -0.139. The number of rotatable bonds is 12. The lowest BCUT2D eigenvalue weighted by Crippen LogP contribution is -2.41. The highest BCUT2D eigenvalue weighted by Crippen LogP contribution is 2.29. The molecule has 2 aromatic carbocycles. The zero-order valence-electron chi connectivity index (χ0n) is 21.3. The first-order valence-electron chi connectivity index (χ1n) is 13.0. The van der Waals surface area contributed by atoms with Crippen LogP contribution in [0.3, 0.4) is 0 Å². The van der Waals surface area contributed by atoms with Crippen LogP contribution in [0.15, 0.2) is 42.5 Å². The fourth-order valence-electron chi connectivity index (χ4n) is 5.07. The molecular formula is C29H41N3O3. The minimum absolute atomic E-state index is 0.307. The molecule has 4 N–H and O–H groups in total. The van der Waals surface area contributed by atoms with Crippen LogP contribution in [-0.4, -0.2) is 48.1 Å². The van der Waals surface area contributed by atoms with E-state index in [9.17, 15) is 14.7 Å². The second-order valence-corrected chi connectivity index (χ2v) is 10.0. The van der Waals surface area contributed by atoms with Crippen molar-refractivity contribution in [3.63, 3.8) is 0 Å². The smallest absolute Gasteiger partial charge is 0.326 e. The van der Waals surface area contributed by atoms with E-state index in [1.807, 2.05) is 43.3 Å². The van der Waals surface area contributed by atoms with E-state index in [0.717, 1.165) is 41.3 Å². The molecule has 0 radical (unpaired) electrons. The molecule has 1 saturated carbocycles. The third-order valence-electron chi connectivity index (χ3n) is 7.16.